The predicted molar refractivity (Wildman–Crippen MR) is 74.3 cm³/mol. The van der Waals surface area contributed by atoms with Crippen LogP contribution in [-0.2, 0) is 11.3 Å². The lowest BCUT2D eigenvalue weighted by molar-refractivity contribution is 0.182. The van der Waals surface area contributed by atoms with E-state index in [1.807, 2.05) is 18.3 Å². The summed E-state index contributed by atoms with van der Waals surface area (Å²) < 4.78 is 5.20. The van der Waals surface area contributed by atoms with Gasteiger partial charge in [0.15, 0.2) is 0 Å². The van der Waals surface area contributed by atoms with E-state index in [1.165, 1.54) is 11.0 Å². The van der Waals surface area contributed by atoms with Crippen molar-refractivity contribution >= 4 is 19.0 Å². The molecule has 0 radical (unpaired) electrons. The van der Waals surface area contributed by atoms with Crippen molar-refractivity contribution in [2.45, 2.75) is 13.5 Å². The van der Waals surface area contributed by atoms with Crippen molar-refractivity contribution in [3.8, 4) is 11.1 Å². The molecule has 1 aromatic carbocycles. The van der Waals surface area contributed by atoms with Gasteiger partial charge in [-0.2, -0.15) is 0 Å². The van der Waals surface area contributed by atoms with Gasteiger partial charge in [0.25, 0.3) is 0 Å². The summed E-state index contributed by atoms with van der Waals surface area (Å²) in [5.74, 6) is 0. The van der Waals surface area contributed by atoms with E-state index < -0.39 is 0 Å². The third kappa shape index (κ3) is 2.22. The molecule has 1 heterocycles. The number of methoxy groups -OCH3 is 1. The first-order valence-electron chi connectivity index (χ1n) is 5.65. The molecule has 1 aromatic heterocycles. The summed E-state index contributed by atoms with van der Waals surface area (Å²) in [5.41, 5.74) is 12.6. The molecule has 3 N–H and O–H groups in total. The van der Waals surface area contributed by atoms with Gasteiger partial charge in [0.05, 0.1) is 6.61 Å². The predicted octanol–water partition coefficient (Wildman–Crippen LogP) is 0.977. The van der Waals surface area contributed by atoms with Crippen LogP contribution in [0.4, 0.5) is 5.69 Å². The number of aromatic amines is 1. The lowest BCUT2D eigenvalue weighted by Crippen LogP contribution is -2.04. The van der Waals surface area contributed by atoms with Gasteiger partial charge in [-0.3, -0.25) is 0 Å². The zero-order chi connectivity index (χ0) is 12.4. The van der Waals surface area contributed by atoms with Crippen molar-refractivity contribution in [3.05, 3.63) is 35.7 Å². The Morgan fingerprint density at radius 3 is 2.88 bits per heavy atom. The normalized spacial score (nSPS) is 10.7. The van der Waals surface area contributed by atoms with Crippen LogP contribution in [-0.4, -0.2) is 19.9 Å². The Morgan fingerprint density at radius 1 is 1.41 bits per heavy atom. The average Bonchev–Trinajstić information content (AvgIpc) is 2.64. The molecule has 0 saturated heterocycles. The van der Waals surface area contributed by atoms with Gasteiger partial charge < -0.3 is 15.5 Å². The highest BCUT2D eigenvalue weighted by Gasteiger charge is 2.12. The number of ether oxygens (including phenoxy) is 1. The number of H-pyrrole nitrogens is 1. The van der Waals surface area contributed by atoms with E-state index in [2.05, 4.69) is 25.8 Å². The van der Waals surface area contributed by atoms with Crippen molar-refractivity contribution in [1.29, 1.82) is 0 Å². The van der Waals surface area contributed by atoms with Gasteiger partial charge in [-0.1, -0.05) is 17.6 Å². The third-order valence-corrected chi connectivity index (χ3v) is 2.93. The monoisotopic (exact) mass is 228 g/mol. The number of benzene rings is 1. The topological polar surface area (TPSA) is 51.0 Å². The maximum absolute atomic E-state index is 6.06. The molecule has 17 heavy (non-hydrogen) atoms. The van der Waals surface area contributed by atoms with E-state index in [-0.39, 0.29) is 0 Å². The standard InChI is InChI=1S/C13H17BN2O/c1-8-6-16-12(7-17-2)13(8)10-5-9(14)3-4-11(10)15/h3-6,16H,7,14-15H2,1-2H3. The second kappa shape index (κ2) is 4.68. The van der Waals surface area contributed by atoms with Gasteiger partial charge in [0.2, 0.25) is 0 Å². The van der Waals surface area contributed by atoms with Crippen molar-refractivity contribution in [3.63, 3.8) is 0 Å². The molecule has 4 heteroatoms. The number of aryl methyl sites for hydroxylation is 1. The second-order valence-corrected chi connectivity index (χ2v) is 4.35. The molecule has 0 aliphatic carbocycles. The molecule has 0 bridgehead atoms. The molecule has 0 saturated carbocycles. The summed E-state index contributed by atoms with van der Waals surface area (Å²) in [4.78, 5) is 3.24. The van der Waals surface area contributed by atoms with Crippen LogP contribution in [0.15, 0.2) is 24.4 Å². The minimum absolute atomic E-state index is 0.566. The number of nitrogens with one attached hydrogen (secondary N) is 1. The number of aromatic nitrogens is 1. The molecular formula is C13H17BN2O. The van der Waals surface area contributed by atoms with Crippen LogP contribution in [0.1, 0.15) is 11.3 Å². The summed E-state index contributed by atoms with van der Waals surface area (Å²) in [6.07, 6.45) is 1.99. The zero-order valence-corrected chi connectivity index (χ0v) is 10.5. The highest BCUT2D eigenvalue weighted by atomic mass is 16.5. The molecule has 0 amide bonds. The van der Waals surface area contributed by atoms with Gasteiger partial charge in [-0.05, 0) is 18.6 Å². The fraction of sp³-hybridized carbons (Fsp3) is 0.231. The number of hydrogen-bond acceptors (Lipinski definition) is 2. The van der Waals surface area contributed by atoms with Crippen molar-refractivity contribution < 1.29 is 4.74 Å². The Bertz CT molecular complexity index is 534. The molecule has 0 unspecified atom stereocenters. The molecule has 0 atom stereocenters. The lowest BCUT2D eigenvalue weighted by Gasteiger charge is -2.10. The summed E-state index contributed by atoms with van der Waals surface area (Å²) in [6, 6.07) is 6.09. The highest BCUT2D eigenvalue weighted by Crippen LogP contribution is 2.31. The molecule has 0 aliphatic rings. The smallest absolute Gasteiger partial charge is 0.139 e. The Balaban J connectivity index is 2.58. The molecular weight excluding hydrogens is 211 g/mol. The Kier molecular flexibility index (Phi) is 3.24. The van der Waals surface area contributed by atoms with Crippen LogP contribution in [0.3, 0.4) is 0 Å². The molecule has 3 nitrogen and oxygen atoms in total. The number of nitrogens with two attached hydrogens (primary N) is 1. The molecule has 0 spiro atoms. The maximum atomic E-state index is 6.06. The molecule has 0 fully saturated rings. The lowest BCUT2D eigenvalue weighted by atomic mass is 9.90. The van der Waals surface area contributed by atoms with Crippen molar-refractivity contribution in [2.75, 3.05) is 12.8 Å². The number of hydrogen-bond donors (Lipinski definition) is 2. The van der Waals surface area contributed by atoms with E-state index >= 15 is 0 Å². The van der Waals surface area contributed by atoms with E-state index in [4.69, 9.17) is 10.5 Å². The third-order valence-electron chi connectivity index (χ3n) is 2.93. The fourth-order valence-electron chi connectivity index (χ4n) is 2.10. The van der Waals surface area contributed by atoms with Crippen LogP contribution >= 0.6 is 0 Å². The molecule has 2 rings (SSSR count). The quantitative estimate of drug-likeness (QED) is 0.607. The SMILES string of the molecule is Bc1ccc(N)c(-c2c(C)c[nH]c2COC)c1. The van der Waals surface area contributed by atoms with Crippen LogP contribution in [0.5, 0.6) is 0 Å². The minimum atomic E-state index is 0.566. The van der Waals surface area contributed by atoms with Gasteiger partial charge in [0, 0.05) is 35.8 Å². The minimum Gasteiger partial charge on any atom is -0.398 e. The largest absolute Gasteiger partial charge is 0.398 e. The average molecular weight is 228 g/mol. The highest BCUT2D eigenvalue weighted by molar-refractivity contribution is 6.32. The number of nitrogen functional groups attached to an aromatic ring is 1. The fourth-order valence-corrected chi connectivity index (χ4v) is 2.10. The molecule has 0 aliphatic heterocycles. The van der Waals surface area contributed by atoms with Gasteiger partial charge in [-0.25, -0.2) is 0 Å². The second-order valence-electron chi connectivity index (χ2n) is 4.35. The Hall–Kier alpha value is -1.68. The maximum Gasteiger partial charge on any atom is 0.139 e. The number of rotatable bonds is 3. The summed E-state index contributed by atoms with van der Waals surface area (Å²) in [6.45, 7) is 2.64. The first-order chi connectivity index (χ1) is 8.13. The summed E-state index contributed by atoms with van der Waals surface area (Å²) in [5, 5.41) is 0. The Labute approximate surface area is 102 Å². The summed E-state index contributed by atoms with van der Waals surface area (Å²) in [7, 11) is 3.76. The summed E-state index contributed by atoms with van der Waals surface area (Å²) >= 11 is 0. The van der Waals surface area contributed by atoms with Gasteiger partial charge in [0.1, 0.15) is 7.85 Å². The first kappa shape index (κ1) is 11.8. The van der Waals surface area contributed by atoms with Crippen LogP contribution < -0.4 is 11.2 Å². The van der Waals surface area contributed by atoms with E-state index in [1.54, 1.807) is 7.11 Å². The van der Waals surface area contributed by atoms with Crippen LogP contribution in [0.25, 0.3) is 11.1 Å². The van der Waals surface area contributed by atoms with E-state index in [0.717, 1.165) is 22.5 Å². The van der Waals surface area contributed by atoms with Crippen molar-refractivity contribution in [2.24, 2.45) is 0 Å². The van der Waals surface area contributed by atoms with Crippen LogP contribution in [0.2, 0.25) is 0 Å². The van der Waals surface area contributed by atoms with E-state index in [9.17, 15) is 0 Å². The van der Waals surface area contributed by atoms with Crippen LogP contribution in [0, 0.1) is 6.92 Å². The van der Waals surface area contributed by atoms with Gasteiger partial charge in [-0.15, -0.1) is 0 Å². The number of anilines is 1. The first-order valence-corrected chi connectivity index (χ1v) is 5.65. The van der Waals surface area contributed by atoms with Gasteiger partial charge >= 0.3 is 0 Å². The molecule has 88 valence electrons. The molecule has 2 aromatic rings. The van der Waals surface area contributed by atoms with Crippen molar-refractivity contribution in [1.82, 2.24) is 4.98 Å². The Morgan fingerprint density at radius 2 is 2.18 bits per heavy atom. The zero-order valence-electron chi connectivity index (χ0n) is 10.5. The van der Waals surface area contributed by atoms with E-state index in [0.29, 0.717) is 6.61 Å².